The normalized spacial score (nSPS) is 13.6. The largest absolute Gasteiger partial charge is 0.345 e. The Kier molecular flexibility index (Phi) is 4.97. The van der Waals surface area contributed by atoms with Crippen molar-refractivity contribution in [2.45, 2.75) is 38.8 Å². The van der Waals surface area contributed by atoms with Crippen LogP contribution < -0.4 is 5.32 Å². The molecule has 0 atom stereocenters. The molecule has 2 aromatic carbocycles. The van der Waals surface area contributed by atoms with E-state index in [1.54, 1.807) is 0 Å². The van der Waals surface area contributed by atoms with Crippen LogP contribution >= 0.6 is 0 Å². The van der Waals surface area contributed by atoms with Crippen molar-refractivity contribution in [3.8, 4) is 11.3 Å². The lowest BCUT2D eigenvalue weighted by atomic mass is 10.0. The lowest BCUT2D eigenvalue weighted by Gasteiger charge is -2.11. The molecule has 2 aromatic heterocycles. The van der Waals surface area contributed by atoms with Gasteiger partial charge in [-0.2, -0.15) is 0 Å². The Morgan fingerprint density at radius 1 is 0.967 bits per heavy atom. The number of benzene rings is 2. The van der Waals surface area contributed by atoms with E-state index in [2.05, 4.69) is 20.1 Å². The second kappa shape index (κ2) is 8.06. The van der Waals surface area contributed by atoms with Gasteiger partial charge in [0.15, 0.2) is 5.82 Å². The molecule has 0 bridgehead atoms. The zero-order valence-corrected chi connectivity index (χ0v) is 16.7. The van der Waals surface area contributed by atoms with E-state index in [1.165, 1.54) is 6.42 Å². The number of rotatable bonds is 4. The summed E-state index contributed by atoms with van der Waals surface area (Å²) in [4.78, 5) is 17.9. The van der Waals surface area contributed by atoms with Gasteiger partial charge in [0.25, 0.3) is 5.91 Å². The number of amides is 1. The lowest BCUT2D eigenvalue weighted by molar-refractivity contribution is 0.0951. The van der Waals surface area contributed by atoms with Gasteiger partial charge >= 0.3 is 0 Å². The third kappa shape index (κ3) is 3.56. The first-order valence-electron chi connectivity index (χ1n) is 10.4. The molecule has 0 saturated carbocycles. The van der Waals surface area contributed by atoms with E-state index in [9.17, 15) is 4.79 Å². The summed E-state index contributed by atoms with van der Waals surface area (Å²) in [6.07, 6.45) is 4.44. The molecule has 1 aliphatic rings. The SMILES string of the molecule is O=C(NCc1nnc2n1CCCCC2)c1cc(-c2ccccc2)nc2ccccc12. The van der Waals surface area contributed by atoms with E-state index < -0.39 is 0 Å². The monoisotopic (exact) mass is 397 g/mol. The molecule has 0 aliphatic carbocycles. The summed E-state index contributed by atoms with van der Waals surface area (Å²) in [5.74, 6) is 1.72. The highest BCUT2D eigenvalue weighted by Crippen LogP contribution is 2.25. The minimum Gasteiger partial charge on any atom is -0.345 e. The van der Waals surface area contributed by atoms with E-state index >= 15 is 0 Å². The molecule has 0 saturated heterocycles. The van der Waals surface area contributed by atoms with Crippen LogP contribution in [0.4, 0.5) is 0 Å². The van der Waals surface area contributed by atoms with Crippen molar-refractivity contribution in [2.24, 2.45) is 0 Å². The van der Waals surface area contributed by atoms with Crippen molar-refractivity contribution in [1.29, 1.82) is 0 Å². The number of hydrogen-bond acceptors (Lipinski definition) is 4. The van der Waals surface area contributed by atoms with Crippen molar-refractivity contribution in [3.63, 3.8) is 0 Å². The zero-order valence-electron chi connectivity index (χ0n) is 16.7. The Hall–Kier alpha value is -3.54. The van der Waals surface area contributed by atoms with Gasteiger partial charge in [0.05, 0.1) is 23.3 Å². The number of nitrogens with zero attached hydrogens (tertiary/aromatic N) is 4. The number of fused-ring (bicyclic) bond motifs is 2. The molecule has 0 spiro atoms. The van der Waals surface area contributed by atoms with Crippen molar-refractivity contribution < 1.29 is 4.79 Å². The number of aromatic nitrogens is 4. The van der Waals surface area contributed by atoms with Crippen LogP contribution in [0.2, 0.25) is 0 Å². The smallest absolute Gasteiger partial charge is 0.252 e. The van der Waals surface area contributed by atoms with Gasteiger partial charge < -0.3 is 9.88 Å². The van der Waals surface area contributed by atoms with Crippen LogP contribution in [0.3, 0.4) is 0 Å². The van der Waals surface area contributed by atoms with Crippen LogP contribution in [0.5, 0.6) is 0 Å². The van der Waals surface area contributed by atoms with Gasteiger partial charge in [-0.25, -0.2) is 4.98 Å². The summed E-state index contributed by atoms with van der Waals surface area (Å²) in [5.41, 5.74) is 3.20. The minimum absolute atomic E-state index is 0.128. The van der Waals surface area contributed by atoms with E-state index in [1.807, 2.05) is 60.7 Å². The Morgan fingerprint density at radius 3 is 2.70 bits per heavy atom. The molecule has 1 aliphatic heterocycles. The summed E-state index contributed by atoms with van der Waals surface area (Å²) in [6, 6.07) is 19.6. The standard InChI is InChI=1S/C24H23N5O/c30-24(25-16-23-28-27-22-13-5-2-8-14-29(22)23)19-15-21(17-9-3-1-4-10-17)26-20-12-7-6-11-18(19)20/h1,3-4,6-7,9-12,15H,2,5,8,13-14,16H2,(H,25,30). The molecule has 6 nitrogen and oxygen atoms in total. The van der Waals surface area contributed by atoms with E-state index in [0.717, 1.165) is 59.6 Å². The summed E-state index contributed by atoms with van der Waals surface area (Å²) < 4.78 is 2.16. The van der Waals surface area contributed by atoms with Gasteiger partial charge in [-0.3, -0.25) is 4.79 Å². The molecule has 4 aromatic rings. The Morgan fingerprint density at radius 2 is 1.80 bits per heavy atom. The third-order valence-corrected chi connectivity index (χ3v) is 5.62. The molecule has 1 amide bonds. The van der Waals surface area contributed by atoms with Gasteiger partial charge in [0, 0.05) is 23.9 Å². The number of aryl methyl sites for hydroxylation is 1. The summed E-state index contributed by atoms with van der Waals surface area (Å²) in [5, 5.41) is 12.5. The molecular formula is C24H23N5O. The van der Waals surface area contributed by atoms with E-state index in [-0.39, 0.29) is 5.91 Å². The first-order chi connectivity index (χ1) is 14.8. The van der Waals surface area contributed by atoms with E-state index in [0.29, 0.717) is 12.1 Å². The van der Waals surface area contributed by atoms with Crippen molar-refractivity contribution >= 4 is 16.8 Å². The average Bonchev–Trinajstić information content (AvgIpc) is 3.03. The van der Waals surface area contributed by atoms with E-state index in [4.69, 9.17) is 4.98 Å². The molecule has 3 heterocycles. The van der Waals surface area contributed by atoms with Gasteiger partial charge in [0.1, 0.15) is 5.82 Å². The third-order valence-electron chi connectivity index (χ3n) is 5.62. The maximum absolute atomic E-state index is 13.2. The average molecular weight is 397 g/mol. The van der Waals surface area contributed by atoms with Crippen molar-refractivity contribution in [2.75, 3.05) is 0 Å². The molecule has 5 rings (SSSR count). The van der Waals surface area contributed by atoms with Crippen LogP contribution in [0, 0.1) is 0 Å². The highest BCUT2D eigenvalue weighted by Gasteiger charge is 2.17. The van der Waals surface area contributed by atoms with Crippen LogP contribution in [0.25, 0.3) is 22.2 Å². The fraction of sp³-hybridized carbons (Fsp3) is 0.250. The fourth-order valence-electron chi connectivity index (χ4n) is 4.05. The van der Waals surface area contributed by atoms with Gasteiger partial charge in [0.2, 0.25) is 0 Å². The molecule has 0 fully saturated rings. The van der Waals surface area contributed by atoms with Crippen LogP contribution in [0.1, 0.15) is 41.3 Å². The highest BCUT2D eigenvalue weighted by molar-refractivity contribution is 6.07. The number of pyridine rings is 1. The van der Waals surface area contributed by atoms with Gasteiger partial charge in [-0.05, 0) is 25.0 Å². The molecule has 6 heteroatoms. The second-order valence-corrected chi connectivity index (χ2v) is 7.62. The second-order valence-electron chi connectivity index (χ2n) is 7.62. The van der Waals surface area contributed by atoms with Crippen molar-refractivity contribution in [3.05, 3.63) is 77.9 Å². The zero-order chi connectivity index (χ0) is 20.3. The Labute approximate surface area is 175 Å². The van der Waals surface area contributed by atoms with Gasteiger partial charge in [-0.1, -0.05) is 55.0 Å². The quantitative estimate of drug-likeness (QED) is 0.561. The predicted molar refractivity (Wildman–Crippen MR) is 116 cm³/mol. The molecule has 30 heavy (non-hydrogen) atoms. The van der Waals surface area contributed by atoms with Crippen LogP contribution in [-0.4, -0.2) is 25.7 Å². The molecular weight excluding hydrogens is 374 g/mol. The topological polar surface area (TPSA) is 72.7 Å². The number of hydrogen-bond donors (Lipinski definition) is 1. The molecule has 150 valence electrons. The Balaban J connectivity index is 1.45. The predicted octanol–water partition coefficient (Wildman–Crippen LogP) is 4.15. The number of nitrogens with one attached hydrogen (secondary N) is 1. The molecule has 0 radical (unpaired) electrons. The summed E-state index contributed by atoms with van der Waals surface area (Å²) in [7, 11) is 0. The molecule has 1 N–H and O–H groups in total. The molecule has 0 unspecified atom stereocenters. The maximum atomic E-state index is 13.2. The fourth-order valence-corrected chi connectivity index (χ4v) is 4.05. The summed E-state index contributed by atoms with van der Waals surface area (Å²) in [6.45, 7) is 1.28. The van der Waals surface area contributed by atoms with Crippen LogP contribution in [0.15, 0.2) is 60.7 Å². The van der Waals surface area contributed by atoms with Gasteiger partial charge in [-0.15, -0.1) is 10.2 Å². The number of carbonyl (C=O) groups is 1. The Bertz CT molecular complexity index is 1200. The summed E-state index contributed by atoms with van der Waals surface area (Å²) >= 11 is 0. The first-order valence-corrected chi connectivity index (χ1v) is 10.4. The number of carbonyl (C=O) groups excluding carboxylic acids is 1. The van der Waals surface area contributed by atoms with Crippen LogP contribution in [-0.2, 0) is 19.5 Å². The maximum Gasteiger partial charge on any atom is 0.252 e. The first kappa shape index (κ1) is 18.5. The lowest BCUT2D eigenvalue weighted by Crippen LogP contribution is -2.25. The van der Waals surface area contributed by atoms with Crippen molar-refractivity contribution in [1.82, 2.24) is 25.1 Å². The highest BCUT2D eigenvalue weighted by atomic mass is 16.1. The number of para-hydroxylation sites is 1. The minimum atomic E-state index is -0.128.